The van der Waals surface area contributed by atoms with Crippen LogP contribution in [0.4, 0.5) is 0 Å². The van der Waals surface area contributed by atoms with Crippen LogP contribution in [0.15, 0.2) is 18.2 Å². The number of rotatable bonds is 2. The number of hydrogen-bond acceptors (Lipinski definition) is 1. The van der Waals surface area contributed by atoms with Crippen LogP contribution in [0.25, 0.3) is 0 Å². The van der Waals surface area contributed by atoms with Crippen molar-refractivity contribution in [3.63, 3.8) is 0 Å². The predicted octanol–water partition coefficient (Wildman–Crippen LogP) is -0.584. The molecule has 0 atom stereocenters. The van der Waals surface area contributed by atoms with Crippen LogP contribution in [-0.4, -0.2) is 7.11 Å². The molecule has 0 radical (unpaired) electrons. The summed E-state index contributed by atoms with van der Waals surface area (Å²) in [5.74, 6) is 0.924. The summed E-state index contributed by atoms with van der Waals surface area (Å²) in [5, 5.41) is 0. The summed E-state index contributed by atoms with van der Waals surface area (Å²) in [4.78, 5) is 0. The molecule has 0 heterocycles. The van der Waals surface area contributed by atoms with Gasteiger partial charge in [-0.2, -0.15) is 0 Å². The SMILES string of the molecule is COc1cc(C)ccc1[I-]Cl. The summed E-state index contributed by atoms with van der Waals surface area (Å²) < 4.78 is 6.31. The molecule has 11 heavy (non-hydrogen) atoms. The van der Waals surface area contributed by atoms with Gasteiger partial charge in [0, 0.05) is 0 Å². The number of hydrogen-bond donors (Lipinski definition) is 0. The van der Waals surface area contributed by atoms with Gasteiger partial charge in [-0.3, -0.25) is 0 Å². The molecular weight excluding hydrogens is 274 g/mol. The minimum atomic E-state index is -0.384. The second-order valence-corrected chi connectivity index (χ2v) is 4.74. The molecule has 0 aromatic heterocycles. The fourth-order valence-corrected chi connectivity index (χ4v) is 2.51. The van der Waals surface area contributed by atoms with Gasteiger partial charge in [0.25, 0.3) is 0 Å². The standard InChI is InChI=1S/C8H9ClIO/c1-6-3-4-7(10-9)8(5-6)11-2/h3-5H,1-2H3/q-1. The monoisotopic (exact) mass is 283 g/mol. The van der Waals surface area contributed by atoms with Gasteiger partial charge in [-0.25, -0.2) is 0 Å². The van der Waals surface area contributed by atoms with Crippen molar-refractivity contribution in [1.82, 2.24) is 0 Å². The Bertz CT molecular complexity index is 250. The first-order valence-electron chi connectivity index (χ1n) is 3.18. The van der Waals surface area contributed by atoms with Crippen LogP contribution in [0.2, 0.25) is 0 Å². The normalized spacial score (nSPS) is 10.1. The van der Waals surface area contributed by atoms with Crippen molar-refractivity contribution in [2.75, 3.05) is 7.11 Å². The fraction of sp³-hybridized carbons (Fsp3) is 0.250. The van der Waals surface area contributed by atoms with Crippen molar-refractivity contribution in [2.24, 2.45) is 0 Å². The van der Waals surface area contributed by atoms with Gasteiger partial charge in [-0.15, -0.1) is 0 Å². The Hall–Kier alpha value is 0.0400. The summed E-state index contributed by atoms with van der Waals surface area (Å²) >= 11 is -0.384. The maximum absolute atomic E-state index is 5.79. The Kier molecular flexibility index (Phi) is 3.45. The quantitative estimate of drug-likeness (QED) is 0.660. The molecule has 0 aliphatic carbocycles. The molecule has 0 aliphatic heterocycles. The molecule has 62 valence electrons. The summed E-state index contributed by atoms with van der Waals surface area (Å²) in [6.45, 7) is 2.04. The van der Waals surface area contributed by atoms with Gasteiger partial charge in [0.15, 0.2) is 0 Å². The zero-order valence-corrected chi connectivity index (χ0v) is 9.31. The summed E-state index contributed by atoms with van der Waals surface area (Å²) in [7, 11) is 7.47. The number of halogens is 2. The maximum atomic E-state index is 5.79. The van der Waals surface area contributed by atoms with E-state index in [0.29, 0.717) is 0 Å². The van der Waals surface area contributed by atoms with Gasteiger partial charge in [-0.1, -0.05) is 0 Å². The molecule has 1 nitrogen and oxygen atoms in total. The number of ether oxygens (including phenoxy) is 1. The van der Waals surface area contributed by atoms with E-state index in [4.69, 9.17) is 13.6 Å². The zero-order chi connectivity index (χ0) is 8.27. The van der Waals surface area contributed by atoms with E-state index < -0.39 is 0 Å². The minimum absolute atomic E-state index is 0.384. The number of methoxy groups -OCH3 is 1. The molecule has 0 spiro atoms. The Morgan fingerprint density at radius 3 is 2.73 bits per heavy atom. The zero-order valence-electron chi connectivity index (χ0n) is 6.40. The molecule has 0 aliphatic rings. The van der Waals surface area contributed by atoms with Crippen LogP contribution in [0.1, 0.15) is 5.56 Å². The molecule has 0 amide bonds. The van der Waals surface area contributed by atoms with Crippen LogP contribution >= 0.6 is 8.91 Å². The Labute approximate surface area is 80.7 Å². The molecule has 0 saturated carbocycles. The van der Waals surface area contributed by atoms with E-state index >= 15 is 0 Å². The van der Waals surface area contributed by atoms with Crippen molar-refractivity contribution < 1.29 is 24.8 Å². The van der Waals surface area contributed by atoms with Gasteiger partial charge < -0.3 is 0 Å². The average Bonchev–Trinajstić information content (AvgIpc) is 2.04. The summed E-state index contributed by atoms with van der Waals surface area (Å²) in [5.41, 5.74) is 1.21. The molecule has 1 rings (SSSR count). The second-order valence-electron chi connectivity index (χ2n) is 2.21. The molecule has 1 aromatic rings. The van der Waals surface area contributed by atoms with E-state index in [-0.39, 0.29) is 20.1 Å². The summed E-state index contributed by atoms with van der Waals surface area (Å²) in [6.07, 6.45) is 0. The van der Waals surface area contributed by atoms with Crippen molar-refractivity contribution in [2.45, 2.75) is 6.92 Å². The van der Waals surface area contributed by atoms with Gasteiger partial charge in [0.1, 0.15) is 0 Å². The Balaban J connectivity index is 3.06. The average molecular weight is 284 g/mol. The van der Waals surface area contributed by atoms with Crippen LogP contribution in [-0.2, 0) is 0 Å². The van der Waals surface area contributed by atoms with Gasteiger partial charge in [-0.05, 0) is 0 Å². The van der Waals surface area contributed by atoms with E-state index in [9.17, 15) is 0 Å². The molecule has 3 heteroatoms. The molecule has 0 saturated heterocycles. The van der Waals surface area contributed by atoms with E-state index in [1.165, 1.54) is 5.56 Å². The van der Waals surface area contributed by atoms with Crippen LogP contribution in [0, 0.1) is 10.5 Å². The third-order valence-electron chi connectivity index (χ3n) is 1.38. The molecule has 1 aromatic carbocycles. The second kappa shape index (κ2) is 4.16. The topological polar surface area (TPSA) is 9.23 Å². The molecule has 0 fully saturated rings. The van der Waals surface area contributed by atoms with Crippen molar-refractivity contribution in [3.05, 3.63) is 27.3 Å². The van der Waals surface area contributed by atoms with Crippen molar-refractivity contribution in [1.29, 1.82) is 0 Å². The van der Waals surface area contributed by atoms with Crippen LogP contribution in [0.5, 0.6) is 5.75 Å². The first kappa shape index (κ1) is 9.13. The fourth-order valence-electron chi connectivity index (χ4n) is 0.826. The molecule has 0 unspecified atom stereocenters. The van der Waals surface area contributed by atoms with Crippen molar-refractivity contribution in [3.8, 4) is 5.75 Å². The summed E-state index contributed by atoms with van der Waals surface area (Å²) in [6, 6.07) is 6.10. The Morgan fingerprint density at radius 2 is 2.18 bits per heavy atom. The predicted molar refractivity (Wildman–Crippen MR) is 42.3 cm³/mol. The third kappa shape index (κ3) is 2.24. The third-order valence-corrected chi connectivity index (χ3v) is 3.75. The van der Waals surface area contributed by atoms with E-state index in [1.54, 1.807) is 7.11 Å². The van der Waals surface area contributed by atoms with Gasteiger partial charge in [0.05, 0.1) is 0 Å². The number of benzene rings is 1. The Morgan fingerprint density at radius 1 is 1.45 bits per heavy atom. The molecule has 0 N–H and O–H groups in total. The van der Waals surface area contributed by atoms with Gasteiger partial charge in [0.2, 0.25) is 0 Å². The molecular formula is C8H9ClIO-. The first-order valence-corrected chi connectivity index (χ1v) is 6.99. The van der Waals surface area contributed by atoms with Crippen LogP contribution in [0.3, 0.4) is 0 Å². The van der Waals surface area contributed by atoms with Gasteiger partial charge >= 0.3 is 80.8 Å². The first-order chi connectivity index (χ1) is 5.27. The molecule has 0 bridgehead atoms. The van der Waals surface area contributed by atoms with E-state index in [1.807, 2.05) is 19.1 Å². The van der Waals surface area contributed by atoms with Crippen molar-refractivity contribution >= 4 is 8.91 Å². The van der Waals surface area contributed by atoms with Crippen LogP contribution < -0.4 is 24.8 Å². The van der Waals surface area contributed by atoms with E-state index in [0.717, 1.165) is 9.32 Å². The van der Waals surface area contributed by atoms with E-state index in [2.05, 4.69) is 6.07 Å². The number of aryl methyl sites for hydroxylation is 1.